The van der Waals surface area contributed by atoms with Gasteiger partial charge in [-0.3, -0.25) is 0 Å². The summed E-state index contributed by atoms with van der Waals surface area (Å²) < 4.78 is 5.70. The molecule has 1 aliphatic rings. The van der Waals surface area contributed by atoms with Gasteiger partial charge in [0.2, 0.25) is 0 Å². The van der Waals surface area contributed by atoms with Crippen molar-refractivity contribution in [2.24, 2.45) is 11.3 Å². The number of nitrogens with zero attached hydrogens (tertiary/aromatic N) is 1. The summed E-state index contributed by atoms with van der Waals surface area (Å²) in [6.45, 7) is 16.3. The van der Waals surface area contributed by atoms with E-state index in [9.17, 15) is 0 Å². The smallest absolute Gasteiger partial charge is 0.0593 e. The van der Waals surface area contributed by atoms with Crippen LogP contribution in [-0.4, -0.2) is 50.3 Å². The van der Waals surface area contributed by atoms with Gasteiger partial charge in [0.15, 0.2) is 0 Å². The number of likely N-dealkylation sites (N-methyl/N-ethyl adjacent to an activating group) is 1. The van der Waals surface area contributed by atoms with Crippen molar-refractivity contribution in [3.05, 3.63) is 0 Å². The highest BCUT2D eigenvalue weighted by atomic mass is 16.5. The number of nitrogens with one attached hydrogen (secondary N) is 1. The van der Waals surface area contributed by atoms with Gasteiger partial charge in [0.05, 0.1) is 6.61 Å². The minimum Gasteiger partial charge on any atom is -0.380 e. The van der Waals surface area contributed by atoms with E-state index < -0.39 is 0 Å². The third kappa shape index (κ3) is 9.42. The Hall–Kier alpha value is -0.120. The lowest BCUT2D eigenvalue weighted by molar-refractivity contribution is 0.0907. The maximum atomic E-state index is 5.70. The Morgan fingerprint density at radius 1 is 1.16 bits per heavy atom. The molecule has 0 spiro atoms. The molecule has 0 radical (unpaired) electrons. The predicted molar refractivity (Wildman–Crippen MR) is 82.6 cm³/mol. The van der Waals surface area contributed by atoms with Crippen molar-refractivity contribution in [2.75, 3.05) is 39.9 Å². The first-order chi connectivity index (χ1) is 8.68. The zero-order valence-electron chi connectivity index (χ0n) is 13.9. The largest absolute Gasteiger partial charge is 0.380 e. The Bertz CT molecular complexity index is 254. The lowest BCUT2D eigenvalue weighted by atomic mass is 9.91. The number of hydrogen-bond donors (Lipinski definition) is 1. The molecule has 3 heteroatoms. The molecule has 0 aromatic carbocycles. The normalized spacial score (nSPS) is 17.2. The van der Waals surface area contributed by atoms with Gasteiger partial charge in [-0.15, -0.1) is 0 Å². The van der Waals surface area contributed by atoms with Gasteiger partial charge in [-0.2, -0.15) is 0 Å². The molecular formula is C16H34N2O. The highest BCUT2D eigenvalue weighted by molar-refractivity contribution is 4.80. The fourth-order valence-electron chi connectivity index (χ4n) is 2.12. The summed E-state index contributed by atoms with van der Waals surface area (Å²) in [7, 11) is 2.19. The van der Waals surface area contributed by atoms with Gasteiger partial charge < -0.3 is 15.0 Å². The molecule has 0 heterocycles. The average Bonchev–Trinajstić information content (AvgIpc) is 3.04. The molecule has 1 aliphatic carbocycles. The molecule has 0 bridgehead atoms. The van der Waals surface area contributed by atoms with Gasteiger partial charge in [-0.1, -0.05) is 13.8 Å². The SMILES string of the molecule is CN(CCOCC1CC1)CC(C)(C)CNC(C)(C)C. The Kier molecular flexibility index (Phi) is 6.28. The van der Waals surface area contributed by atoms with Crippen molar-refractivity contribution >= 4 is 0 Å². The molecule has 114 valence electrons. The van der Waals surface area contributed by atoms with Crippen molar-refractivity contribution in [2.45, 2.75) is 53.0 Å². The van der Waals surface area contributed by atoms with Gasteiger partial charge in [0.1, 0.15) is 0 Å². The first kappa shape index (κ1) is 16.9. The second-order valence-electron chi connectivity index (χ2n) is 8.02. The van der Waals surface area contributed by atoms with Crippen LogP contribution >= 0.6 is 0 Å². The number of hydrogen-bond acceptors (Lipinski definition) is 3. The quantitative estimate of drug-likeness (QED) is 0.652. The van der Waals surface area contributed by atoms with E-state index in [1.165, 1.54) is 12.8 Å². The zero-order chi connectivity index (χ0) is 14.5. The molecule has 0 aromatic rings. The fraction of sp³-hybridized carbons (Fsp3) is 1.00. The number of rotatable bonds is 9. The molecule has 0 amide bonds. The molecule has 0 unspecified atom stereocenters. The standard InChI is InChI=1S/C16H34N2O/c1-15(2,3)17-12-16(4,5)13-18(6)9-10-19-11-14-7-8-14/h14,17H,7-13H2,1-6H3. The van der Waals surface area contributed by atoms with Crippen molar-refractivity contribution in [1.82, 2.24) is 10.2 Å². The minimum absolute atomic E-state index is 0.198. The molecule has 0 aromatic heterocycles. The Morgan fingerprint density at radius 2 is 1.79 bits per heavy atom. The molecule has 0 saturated heterocycles. The van der Waals surface area contributed by atoms with Crippen LogP contribution in [0.15, 0.2) is 0 Å². The van der Waals surface area contributed by atoms with E-state index in [-0.39, 0.29) is 5.54 Å². The van der Waals surface area contributed by atoms with E-state index in [1.807, 2.05) is 0 Å². The summed E-state index contributed by atoms with van der Waals surface area (Å²) in [5, 5.41) is 3.60. The number of ether oxygens (including phenoxy) is 1. The second kappa shape index (κ2) is 7.05. The highest BCUT2D eigenvalue weighted by Gasteiger charge is 2.23. The summed E-state index contributed by atoms with van der Waals surface area (Å²) >= 11 is 0. The van der Waals surface area contributed by atoms with Crippen LogP contribution in [0.2, 0.25) is 0 Å². The van der Waals surface area contributed by atoms with E-state index in [1.54, 1.807) is 0 Å². The van der Waals surface area contributed by atoms with E-state index in [0.717, 1.165) is 38.8 Å². The van der Waals surface area contributed by atoms with Gasteiger partial charge in [-0.25, -0.2) is 0 Å². The van der Waals surface area contributed by atoms with E-state index in [0.29, 0.717) is 5.41 Å². The zero-order valence-corrected chi connectivity index (χ0v) is 13.9. The Morgan fingerprint density at radius 3 is 2.32 bits per heavy atom. The summed E-state index contributed by atoms with van der Waals surface area (Å²) in [6.07, 6.45) is 2.75. The van der Waals surface area contributed by atoms with Gasteiger partial charge in [0, 0.05) is 31.8 Å². The molecule has 19 heavy (non-hydrogen) atoms. The predicted octanol–water partition coefficient (Wildman–Crippen LogP) is 2.76. The van der Waals surface area contributed by atoms with Crippen LogP contribution in [0.5, 0.6) is 0 Å². The fourth-order valence-corrected chi connectivity index (χ4v) is 2.12. The average molecular weight is 270 g/mol. The van der Waals surface area contributed by atoms with E-state index in [2.05, 4.69) is 51.9 Å². The van der Waals surface area contributed by atoms with Crippen molar-refractivity contribution < 1.29 is 4.74 Å². The van der Waals surface area contributed by atoms with E-state index >= 15 is 0 Å². The lowest BCUT2D eigenvalue weighted by Crippen LogP contribution is -2.46. The Balaban J connectivity index is 2.11. The topological polar surface area (TPSA) is 24.5 Å². The minimum atomic E-state index is 0.198. The first-order valence-corrected chi connectivity index (χ1v) is 7.69. The van der Waals surface area contributed by atoms with Crippen LogP contribution in [0.1, 0.15) is 47.5 Å². The molecule has 1 fully saturated rings. The van der Waals surface area contributed by atoms with Crippen LogP contribution < -0.4 is 5.32 Å². The highest BCUT2D eigenvalue weighted by Crippen LogP contribution is 2.28. The third-order valence-electron chi connectivity index (χ3n) is 3.46. The summed E-state index contributed by atoms with van der Waals surface area (Å²) in [6, 6.07) is 0. The van der Waals surface area contributed by atoms with Crippen LogP contribution in [0, 0.1) is 11.3 Å². The molecule has 1 rings (SSSR count). The molecule has 1 N–H and O–H groups in total. The summed E-state index contributed by atoms with van der Waals surface area (Å²) in [5.74, 6) is 0.873. The summed E-state index contributed by atoms with van der Waals surface area (Å²) in [5.41, 5.74) is 0.488. The van der Waals surface area contributed by atoms with Crippen LogP contribution in [0.4, 0.5) is 0 Å². The second-order valence-corrected chi connectivity index (χ2v) is 8.02. The van der Waals surface area contributed by atoms with E-state index in [4.69, 9.17) is 4.74 Å². The van der Waals surface area contributed by atoms with Crippen LogP contribution in [0.25, 0.3) is 0 Å². The maximum Gasteiger partial charge on any atom is 0.0593 e. The molecule has 1 saturated carbocycles. The van der Waals surface area contributed by atoms with Crippen LogP contribution in [0.3, 0.4) is 0 Å². The van der Waals surface area contributed by atoms with Crippen molar-refractivity contribution in [3.8, 4) is 0 Å². The first-order valence-electron chi connectivity index (χ1n) is 7.69. The van der Waals surface area contributed by atoms with Crippen molar-refractivity contribution in [3.63, 3.8) is 0 Å². The van der Waals surface area contributed by atoms with Crippen LogP contribution in [-0.2, 0) is 4.74 Å². The molecule has 3 nitrogen and oxygen atoms in total. The maximum absolute atomic E-state index is 5.70. The third-order valence-corrected chi connectivity index (χ3v) is 3.46. The molecule has 0 aliphatic heterocycles. The molecule has 0 atom stereocenters. The monoisotopic (exact) mass is 270 g/mol. The molecular weight excluding hydrogens is 236 g/mol. The Labute approximate surface area is 120 Å². The summed E-state index contributed by atoms with van der Waals surface area (Å²) in [4.78, 5) is 2.39. The van der Waals surface area contributed by atoms with Gasteiger partial charge in [-0.05, 0) is 52.0 Å². The van der Waals surface area contributed by atoms with Crippen molar-refractivity contribution in [1.29, 1.82) is 0 Å². The van der Waals surface area contributed by atoms with Gasteiger partial charge in [0.25, 0.3) is 0 Å². The lowest BCUT2D eigenvalue weighted by Gasteiger charge is -2.33. The van der Waals surface area contributed by atoms with Gasteiger partial charge >= 0.3 is 0 Å².